The SMILES string of the molecule is C=CCn1c(=O)/c(=C2\Sc3c(F)cccc3N2C)s/c1=C\c1ccncc1.C=CCn1c(=O)/c(=C2\Sc3cccc(F)c3N2C)s/c1=C\c1ccncc1.CCn1c(=O)/c(=C2\Sc3cc(Cl)ccc3N2C)s/c1=C\c1scc[n+]1Cc1ccc(C(F)(F)F)o1.CCn1c(=O)/c(=C2\Sc3ccccc3N2C)s/c1=C\c1scc[n+]1Cc1ccccc1.COC(=O)Cn1c(=O)/c(=C2\Sc3cc(C)ccc3N2C)s/c1=C\c1nccs1.[Cl-].[Cl-]. The lowest BCUT2D eigenvalue weighted by atomic mass is 10.2. The first-order chi connectivity index (χ1) is 71.5. The van der Waals surface area contributed by atoms with Crippen LogP contribution in [-0.4, -0.2) is 86.1 Å². The molecule has 0 bridgehead atoms. The number of ether oxygens (including phenoxy) is 1. The Kier molecular flexibility index (Phi) is 35.8. The molecule has 44 heteroatoms. The highest BCUT2D eigenvalue weighted by atomic mass is 35.5. The van der Waals surface area contributed by atoms with Crippen LogP contribution in [0.5, 0.6) is 0 Å². The third-order valence-corrected chi connectivity index (χ3v) is 38.6. The Bertz CT molecular complexity index is 8930. The van der Waals surface area contributed by atoms with Crippen LogP contribution in [0.25, 0.3) is 55.5 Å². The summed E-state index contributed by atoms with van der Waals surface area (Å²) < 4.78 is 96.6. The van der Waals surface area contributed by atoms with Gasteiger partial charge in [-0.3, -0.25) is 61.6 Å². The smallest absolute Gasteiger partial charge is 0.449 e. The molecule has 17 aromatic rings. The van der Waals surface area contributed by atoms with Crippen LogP contribution in [0.15, 0.2) is 301 Å². The van der Waals surface area contributed by atoms with Crippen molar-refractivity contribution in [1.29, 1.82) is 0 Å². The standard InChI is InChI=1S/C24H22N3OS3.C23H18ClF3N3O2S3.2C20H16FN3OS2.C19H17N3O3S3.2ClH/c1-3-27-21(15-20-26(13-14-29-20)16-17-9-5-4-6-10-17)31-22(23(27)28)24-25(2)18-11-7-8-12-19(18)30-24;1-3-30-19(11-18-29(8-9-33-18)12-14-5-7-17(32-14)23(25,26)27)35-20(21(30)31)22-28(2)15-6-4-13(24)10-16(15)34-22;1-3-11-24-16(12-13-7-9-22-10-8-13)27-18(19(24)25)20-23(2)17-14(21)5-4-6-15(17)26-20;1-3-11-24-16(12-13-7-9-22-10-8-13)26-18(19(24)25)20-23(2)15-6-4-5-14(21)17(15)27-20;1-11-4-5-12-13(8-11)27-19(21(12)2)17-18(24)22(10-16(23)25-3)15(28-17)9-14-20-6-7-26-14;;/h4-15H,3,16H2,1-2H3;4-11H,3,12H2,1-2H3;2*3-10,12H,1,11H2,2H3;4-9H,10H2,1-3H3;2*1H/q2*+1;;;;;/p-2/b24-22+;22-20+;2*16-12-,20-18+;15-9-,19-17+;;. The van der Waals surface area contributed by atoms with Crippen molar-refractivity contribution < 1.29 is 69.8 Å². The molecule has 5 aliphatic rings. The molecule has 0 atom stereocenters. The second-order valence-electron chi connectivity index (χ2n) is 33.0. The number of carbonyl (C=O) groups excluding carboxylic acids is 1. The van der Waals surface area contributed by atoms with Gasteiger partial charge in [-0.25, -0.2) is 13.8 Å². The molecule has 22 rings (SSSR count). The van der Waals surface area contributed by atoms with Crippen LogP contribution in [0.2, 0.25) is 5.02 Å². The first kappa shape index (κ1) is 111. The molecule has 0 saturated heterocycles. The number of aryl methyl sites for hydroxylation is 1. The molecule has 0 amide bonds. The number of thiazole rings is 8. The summed E-state index contributed by atoms with van der Waals surface area (Å²) in [5, 5.41) is 13.4. The summed E-state index contributed by atoms with van der Waals surface area (Å²) in [6.07, 6.45) is 21.1. The highest BCUT2D eigenvalue weighted by molar-refractivity contribution is 8.10. The number of hydrogen-bond acceptors (Lipinski definition) is 29. The van der Waals surface area contributed by atoms with E-state index in [0.29, 0.717) is 64.6 Å². The minimum Gasteiger partial charge on any atom is -1.00 e. The number of fused-ring (bicyclic) bond motifs is 5. The van der Waals surface area contributed by atoms with E-state index in [-0.39, 0.29) is 83.1 Å². The third-order valence-electron chi connectivity index (χ3n) is 23.5. The van der Waals surface area contributed by atoms with E-state index in [9.17, 15) is 50.7 Å². The number of thioether (sulfide) groups is 5. The monoisotopic (exact) mass is 2320 g/mol. The van der Waals surface area contributed by atoms with Gasteiger partial charge in [0.05, 0.1) is 72.7 Å². The Hall–Kier alpha value is -12.1. The number of benzene rings is 6. The van der Waals surface area contributed by atoms with Gasteiger partial charge >= 0.3 is 12.1 Å². The maximum absolute atomic E-state index is 14.2. The summed E-state index contributed by atoms with van der Waals surface area (Å²) in [7, 11) is 10.9. The summed E-state index contributed by atoms with van der Waals surface area (Å²) in [6.45, 7) is 16.3. The van der Waals surface area contributed by atoms with Gasteiger partial charge < -0.3 is 58.5 Å². The zero-order valence-corrected chi connectivity index (χ0v) is 94.0. The van der Waals surface area contributed by atoms with E-state index in [0.717, 1.165) is 125 Å². The Balaban J connectivity index is 0.000000133. The summed E-state index contributed by atoms with van der Waals surface area (Å²) in [5.41, 5.74) is 8.48. The Morgan fingerprint density at radius 1 is 0.460 bits per heavy atom. The predicted molar refractivity (Wildman–Crippen MR) is 599 cm³/mol. The molecule has 6 aromatic carbocycles. The van der Waals surface area contributed by atoms with Crippen molar-refractivity contribution in [3.05, 3.63) is 412 Å². The van der Waals surface area contributed by atoms with Crippen molar-refractivity contribution in [2.75, 3.05) is 66.8 Å². The number of esters is 1. The zero-order valence-electron chi connectivity index (χ0n) is 81.1. The summed E-state index contributed by atoms with van der Waals surface area (Å²) in [6, 6.07) is 50.4. The Labute approximate surface area is 925 Å². The molecule has 0 radical (unpaired) electrons. The predicted octanol–water partition coefficient (Wildman–Crippen LogP) is 9.72. The van der Waals surface area contributed by atoms with Gasteiger partial charge in [-0.2, -0.15) is 22.3 Å². The number of halogens is 8. The summed E-state index contributed by atoms with van der Waals surface area (Å²) >= 11 is 25.4. The number of furan rings is 1. The van der Waals surface area contributed by atoms with Gasteiger partial charge in [0.2, 0.25) is 12.3 Å². The maximum atomic E-state index is 14.2. The Morgan fingerprint density at radius 2 is 0.907 bits per heavy atom. The molecule has 23 nitrogen and oxygen atoms in total. The average Bonchev–Trinajstić information content (AvgIpc) is 1.63. The number of anilines is 5. The van der Waals surface area contributed by atoms with Crippen molar-refractivity contribution in [3.63, 3.8) is 0 Å². The molecule has 0 N–H and O–H groups in total. The van der Waals surface area contributed by atoms with E-state index in [1.807, 2.05) is 169 Å². The number of methoxy groups -OCH3 is 1. The van der Waals surface area contributed by atoms with Crippen LogP contribution in [0.4, 0.5) is 50.4 Å². The fraction of sp³-hybridized carbons (Fsp3) is 0.160. The lowest BCUT2D eigenvalue weighted by Gasteiger charge is -2.12. The fourth-order valence-corrected chi connectivity index (χ4v) is 31.1. The van der Waals surface area contributed by atoms with Gasteiger partial charge in [0, 0.05) is 134 Å². The van der Waals surface area contributed by atoms with E-state index < -0.39 is 17.9 Å². The third kappa shape index (κ3) is 23.7. The van der Waals surface area contributed by atoms with Crippen LogP contribution < -0.4 is 132 Å². The van der Waals surface area contributed by atoms with Gasteiger partial charge in [0.15, 0.2) is 24.7 Å². The average molecular weight is 2320 g/mol. The second-order valence-corrected chi connectivity index (χ2v) is 46.5. The summed E-state index contributed by atoms with van der Waals surface area (Å²) in [4.78, 5) is 105. The molecule has 150 heavy (non-hydrogen) atoms. The van der Waals surface area contributed by atoms with Crippen LogP contribution in [-0.2, 0) is 61.5 Å². The van der Waals surface area contributed by atoms with E-state index in [1.54, 1.807) is 138 Å². The number of allylic oxidation sites excluding steroid dienone is 2. The number of pyridine rings is 2. The molecule has 11 aromatic heterocycles. The normalized spacial score (nSPS) is 15.6. The number of aromatic nitrogens is 10. The zero-order chi connectivity index (χ0) is 104. The maximum Gasteiger partial charge on any atom is 0.449 e. The van der Waals surface area contributed by atoms with Crippen molar-refractivity contribution >= 4 is 251 Å². The number of alkyl halides is 3. The number of carbonyl (C=O) groups is 1. The van der Waals surface area contributed by atoms with E-state index in [4.69, 9.17) is 20.8 Å². The van der Waals surface area contributed by atoms with E-state index in [2.05, 4.69) is 117 Å². The molecular formula is C106H89Cl3F5N15O8S13. The van der Waals surface area contributed by atoms with Gasteiger partial charge in [-0.1, -0.05) is 166 Å². The van der Waals surface area contributed by atoms with Crippen LogP contribution in [0, 0.1) is 18.6 Å². The number of rotatable bonds is 17. The van der Waals surface area contributed by atoms with E-state index >= 15 is 0 Å². The van der Waals surface area contributed by atoms with Crippen LogP contribution in [0.3, 0.4) is 0 Å². The van der Waals surface area contributed by atoms with Crippen molar-refractivity contribution in [2.24, 2.45) is 0 Å². The molecule has 5 aliphatic heterocycles. The fourth-order valence-electron chi connectivity index (χ4n) is 16.2. The molecule has 0 fully saturated rings. The minimum atomic E-state index is -4.52. The molecule has 770 valence electrons. The molecule has 16 heterocycles. The van der Waals surface area contributed by atoms with Crippen molar-refractivity contribution in [3.8, 4) is 0 Å². The molecular weight excluding hydrogens is 2230 g/mol. The number of para-hydroxylation sites is 2. The van der Waals surface area contributed by atoms with Gasteiger partial charge in [0.1, 0.15) is 85.0 Å². The number of hydrogen-bond donors (Lipinski definition) is 0. The topological polar surface area (TPSA) is 212 Å². The minimum absolute atomic E-state index is 0. The van der Waals surface area contributed by atoms with Gasteiger partial charge in [-0.05, 0) is 153 Å². The largest absolute Gasteiger partial charge is 1.00 e. The first-order valence-corrected chi connectivity index (χ1v) is 56.7. The Morgan fingerprint density at radius 3 is 1.41 bits per heavy atom. The van der Waals surface area contributed by atoms with Crippen molar-refractivity contribution in [2.45, 2.75) is 97.2 Å². The molecule has 0 unspecified atom stereocenters. The molecule has 0 spiro atoms. The quantitative estimate of drug-likeness (QED) is 0.0359. The van der Waals surface area contributed by atoms with Crippen LogP contribution >= 0.6 is 161 Å². The van der Waals surface area contributed by atoms with E-state index in [1.165, 1.54) is 149 Å². The van der Waals surface area contributed by atoms with Gasteiger partial charge in [-0.15, -0.1) is 81.2 Å². The summed E-state index contributed by atoms with van der Waals surface area (Å²) in [5.74, 6) is -1.84. The van der Waals surface area contributed by atoms with Gasteiger partial charge in [0.25, 0.3) is 37.8 Å². The lowest BCUT2D eigenvalue weighted by molar-refractivity contribution is -0.686. The first-order valence-electron chi connectivity index (χ1n) is 45.5. The molecule has 0 aliphatic carbocycles. The molecule has 0 saturated carbocycles. The highest BCUT2D eigenvalue weighted by Crippen LogP contribution is 2.51. The lowest BCUT2D eigenvalue weighted by Crippen LogP contribution is -3.00. The second kappa shape index (κ2) is 48.7. The van der Waals surface area contributed by atoms with Crippen LogP contribution in [0.1, 0.15) is 62.6 Å². The highest BCUT2D eigenvalue weighted by Gasteiger charge is 2.37. The van der Waals surface area contributed by atoms with Crippen molar-refractivity contribution in [1.82, 2.24) is 37.8 Å². The number of nitrogens with zero attached hydrogens (tertiary/aromatic N) is 15.